The molecule has 3 aromatic heterocycles. The molecule has 0 aliphatic carbocycles. The van der Waals surface area contributed by atoms with Crippen molar-refractivity contribution in [3.05, 3.63) is 22.4 Å². The molecule has 0 fully saturated rings. The maximum Gasteiger partial charge on any atom is 0.0632 e. The van der Waals surface area contributed by atoms with E-state index in [-0.39, 0.29) is 0 Å². The van der Waals surface area contributed by atoms with Crippen molar-refractivity contribution < 1.29 is 0 Å². The second-order valence-electron chi connectivity index (χ2n) is 5.15. The zero-order chi connectivity index (χ0) is 13.1. The Morgan fingerprint density at radius 3 is 2.63 bits per heavy atom. The Balaban J connectivity index is 1.61. The van der Waals surface area contributed by atoms with Gasteiger partial charge in [-0.15, -0.1) is 34.0 Å². The summed E-state index contributed by atoms with van der Waals surface area (Å²) in [4.78, 5) is 0. The van der Waals surface area contributed by atoms with Crippen LogP contribution >= 0.6 is 34.0 Å². The van der Waals surface area contributed by atoms with E-state index in [1.807, 2.05) is 34.0 Å². The molecule has 3 heteroatoms. The van der Waals surface area contributed by atoms with E-state index in [9.17, 15) is 0 Å². The summed E-state index contributed by atoms with van der Waals surface area (Å²) in [7, 11) is 0. The van der Waals surface area contributed by atoms with E-state index in [1.165, 1.54) is 59.0 Å². The molecular formula is C16H20S3. The van der Waals surface area contributed by atoms with Crippen molar-refractivity contribution in [1.29, 1.82) is 0 Å². The molecule has 0 aliphatic rings. The maximum atomic E-state index is 2.40. The zero-order valence-electron chi connectivity index (χ0n) is 11.4. The number of fused-ring (bicyclic) bond motifs is 3. The van der Waals surface area contributed by atoms with E-state index < -0.39 is 0 Å². The third kappa shape index (κ3) is 2.88. The Morgan fingerprint density at radius 2 is 1.74 bits per heavy atom. The average molecular weight is 309 g/mol. The van der Waals surface area contributed by atoms with Crippen LogP contribution in [0.15, 0.2) is 16.8 Å². The van der Waals surface area contributed by atoms with Gasteiger partial charge in [-0.1, -0.05) is 39.0 Å². The summed E-state index contributed by atoms with van der Waals surface area (Å²) in [5.74, 6) is 0. The summed E-state index contributed by atoms with van der Waals surface area (Å²) in [6.07, 6.45) is 9.63. The van der Waals surface area contributed by atoms with Crippen molar-refractivity contribution >= 4 is 52.8 Å². The molecule has 0 unspecified atom stereocenters. The molecule has 0 saturated carbocycles. The lowest BCUT2D eigenvalue weighted by Crippen LogP contribution is -1.83. The summed E-state index contributed by atoms with van der Waals surface area (Å²) in [5, 5.41) is 4.61. The zero-order valence-corrected chi connectivity index (χ0v) is 13.9. The van der Waals surface area contributed by atoms with Crippen LogP contribution in [0.5, 0.6) is 0 Å². The van der Waals surface area contributed by atoms with E-state index in [4.69, 9.17) is 0 Å². The first-order valence-corrected chi connectivity index (χ1v) is 9.84. The summed E-state index contributed by atoms with van der Waals surface area (Å²) in [6, 6.07) is 2.27. The predicted molar refractivity (Wildman–Crippen MR) is 92.2 cm³/mol. The van der Waals surface area contributed by atoms with E-state index in [1.54, 1.807) is 10.3 Å². The molecule has 0 nitrogen and oxygen atoms in total. The summed E-state index contributed by atoms with van der Waals surface area (Å²) < 4.78 is 6.10. The summed E-state index contributed by atoms with van der Waals surface area (Å²) in [5.41, 5.74) is 1.60. The lowest BCUT2D eigenvalue weighted by Gasteiger charge is -1.99. The molecule has 0 bridgehead atoms. The van der Waals surface area contributed by atoms with Crippen molar-refractivity contribution in [1.82, 2.24) is 0 Å². The van der Waals surface area contributed by atoms with Crippen molar-refractivity contribution in [3.8, 4) is 0 Å². The van der Waals surface area contributed by atoms with E-state index in [0.717, 1.165) is 0 Å². The van der Waals surface area contributed by atoms with Gasteiger partial charge in [0.2, 0.25) is 0 Å². The van der Waals surface area contributed by atoms with E-state index in [0.29, 0.717) is 0 Å². The second-order valence-corrected chi connectivity index (χ2v) is 8.00. The van der Waals surface area contributed by atoms with Crippen molar-refractivity contribution in [2.45, 2.75) is 51.9 Å². The average Bonchev–Trinajstić information content (AvgIpc) is 3.06. The number of hydrogen-bond acceptors (Lipinski definition) is 3. The fraction of sp³-hybridized carbons (Fsp3) is 0.500. The van der Waals surface area contributed by atoms with E-state index in [2.05, 4.69) is 23.8 Å². The molecule has 0 aliphatic heterocycles. The van der Waals surface area contributed by atoms with Gasteiger partial charge in [0, 0.05) is 4.70 Å². The first-order chi connectivity index (χ1) is 9.40. The normalized spacial score (nSPS) is 11.8. The van der Waals surface area contributed by atoms with Gasteiger partial charge in [0.05, 0.1) is 14.1 Å². The summed E-state index contributed by atoms with van der Waals surface area (Å²) in [6.45, 7) is 2.28. The van der Waals surface area contributed by atoms with Crippen LogP contribution in [0, 0.1) is 0 Å². The molecular weight excluding hydrogens is 288 g/mol. The van der Waals surface area contributed by atoms with Gasteiger partial charge in [0.15, 0.2) is 0 Å². The van der Waals surface area contributed by atoms with Gasteiger partial charge in [-0.2, -0.15) is 0 Å². The van der Waals surface area contributed by atoms with Crippen LogP contribution in [0.4, 0.5) is 0 Å². The van der Waals surface area contributed by atoms with Crippen LogP contribution in [-0.4, -0.2) is 0 Å². The molecule has 0 radical (unpaired) electrons. The number of unbranched alkanes of at least 4 members (excludes halogenated alkanes) is 5. The SMILES string of the molecule is CCCCCCCCc1csc2c1sc1ccsc12. The van der Waals surface area contributed by atoms with Gasteiger partial charge in [-0.25, -0.2) is 0 Å². The number of aryl methyl sites for hydroxylation is 1. The minimum atomic E-state index is 1.28. The number of thiophene rings is 3. The summed E-state index contributed by atoms with van der Waals surface area (Å²) >= 11 is 5.84. The van der Waals surface area contributed by atoms with Gasteiger partial charge in [0.25, 0.3) is 0 Å². The molecule has 3 rings (SSSR count). The van der Waals surface area contributed by atoms with Gasteiger partial charge in [-0.05, 0) is 35.2 Å². The molecule has 0 atom stereocenters. The Morgan fingerprint density at radius 1 is 0.895 bits per heavy atom. The lowest BCUT2D eigenvalue weighted by molar-refractivity contribution is 0.608. The molecule has 19 heavy (non-hydrogen) atoms. The van der Waals surface area contributed by atoms with Crippen molar-refractivity contribution in [2.24, 2.45) is 0 Å². The first-order valence-electron chi connectivity index (χ1n) is 7.26. The number of hydrogen-bond donors (Lipinski definition) is 0. The molecule has 0 N–H and O–H groups in total. The monoisotopic (exact) mass is 308 g/mol. The molecule has 3 heterocycles. The molecule has 0 saturated heterocycles. The highest BCUT2D eigenvalue weighted by Crippen LogP contribution is 2.42. The highest BCUT2D eigenvalue weighted by Gasteiger charge is 2.11. The first kappa shape index (κ1) is 13.6. The standard InChI is InChI=1S/C16H20S3/c1-2-3-4-5-6-7-8-12-11-18-16-14(12)19-13-9-10-17-15(13)16/h9-11H,2-8H2,1H3. The number of rotatable bonds is 7. The molecule has 102 valence electrons. The highest BCUT2D eigenvalue weighted by molar-refractivity contribution is 7.37. The van der Waals surface area contributed by atoms with Crippen LogP contribution in [0.3, 0.4) is 0 Å². The van der Waals surface area contributed by atoms with Crippen LogP contribution < -0.4 is 0 Å². The van der Waals surface area contributed by atoms with Crippen LogP contribution in [-0.2, 0) is 6.42 Å². The van der Waals surface area contributed by atoms with Gasteiger partial charge in [-0.3, -0.25) is 0 Å². The smallest absolute Gasteiger partial charge is 0.0632 e. The largest absolute Gasteiger partial charge is 0.141 e. The van der Waals surface area contributed by atoms with Gasteiger partial charge in [0.1, 0.15) is 0 Å². The second kappa shape index (κ2) is 6.38. The van der Waals surface area contributed by atoms with Crippen LogP contribution in [0.1, 0.15) is 51.0 Å². The third-order valence-electron chi connectivity index (χ3n) is 3.66. The van der Waals surface area contributed by atoms with Crippen LogP contribution in [0.25, 0.3) is 18.8 Å². The predicted octanol–water partition coefficient (Wildman–Crippen LogP) is 7.08. The Bertz CT molecular complexity index is 641. The van der Waals surface area contributed by atoms with Crippen molar-refractivity contribution in [3.63, 3.8) is 0 Å². The minimum absolute atomic E-state index is 1.28. The molecule has 0 spiro atoms. The van der Waals surface area contributed by atoms with Crippen LogP contribution in [0.2, 0.25) is 0 Å². The topological polar surface area (TPSA) is 0 Å². The molecule has 0 aromatic carbocycles. The molecule has 3 aromatic rings. The highest BCUT2D eigenvalue weighted by atomic mass is 32.1. The third-order valence-corrected chi connectivity index (χ3v) is 7.26. The minimum Gasteiger partial charge on any atom is -0.141 e. The van der Waals surface area contributed by atoms with Gasteiger partial charge < -0.3 is 0 Å². The fourth-order valence-electron chi connectivity index (χ4n) is 2.57. The fourth-order valence-corrected chi connectivity index (χ4v) is 6.41. The Kier molecular flexibility index (Phi) is 4.57. The van der Waals surface area contributed by atoms with Gasteiger partial charge >= 0.3 is 0 Å². The molecule has 0 amide bonds. The Labute approximate surface area is 127 Å². The van der Waals surface area contributed by atoms with Crippen molar-refractivity contribution in [2.75, 3.05) is 0 Å². The Hall–Kier alpha value is -0.380. The quantitative estimate of drug-likeness (QED) is 0.409. The van der Waals surface area contributed by atoms with E-state index >= 15 is 0 Å². The maximum absolute atomic E-state index is 2.40. The lowest BCUT2D eigenvalue weighted by atomic mass is 10.1.